The summed E-state index contributed by atoms with van der Waals surface area (Å²) in [5, 5.41) is 4.32. The maximum atomic E-state index is 6.30. The molecule has 1 unspecified atom stereocenters. The Balaban J connectivity index is 2.05. The van der Waals surface area contributed by atoms with Gasteiger partial charge in [0.15, 0.2) is 0 Å². The third-order valence-corrected chi connectivity index (χ3v) is 3.78. The van der Waals surface area contributed by atoms with E-state index in [1.807, 2.05) is 12.1 Å². The quantitative estimate of drug-likeness (QED) is 0.886. The Morgan fingerprint density at radius 2 is 2.29 bits per heavy atom. The fourth-order valence-electron chi connectivity index (χ4n) is 2.57. The van der Waals surface area contributed by atoms with E-state index in [2.05, 4.69) is 30.1 Å². The van der Waals surface area contributed by atoms with Crippen LogP contribution in [0.1, 0.15) is 18.9 Å². The fraction of sp³-hybridized carbons (Fsp3) is 0.571. The van der Waals surface area contributed by atoms with Gasteiger partial charge >= 0.3 is 0 Å². The zero-order valence-corrected chi connectivity index (χ0v) is 11.4. The van der Waals surface area contributed by atoms with E-state index in [-0.39, 0.29) is 0 Å². The zero-order chi connectivity index (χ0) is 12.3. The first-order chi connectivity index (χ1) is 8.22. The summed E-state index contributed by atoms with van der Waals surface area (Å²) in [5.74, 6) is 0.755. The summed E-state index contributed by atoms with van der Waals surface area (Å²) in [7, 11) is 0. The number of nitrogens with zero attached hydrogens (tertiary/aromatic N) is 1. The number of anilines is 1. The molecule has 1 aromatic rings. The van der Waals surface area contributed by atoms with E-state index in [0.717, 1.165) is 37.1 Å². The fourth-order valence-corrected chi connectivity index (χ4v) is 2.92. The van der Waals surface area contributed by atoms with Crippen molar-refractivity contribution in [2.75, 3.05) is 31.1 Å². The lowest BCUT2D eigenvalue weighted by Crippen LogP contribution is -2.26. The van der Waals surface area contributed by atoms with E-state index in [1.165, 1.54) is 17.7 Å². The number of halogens is 1. The maximum Gasteiger partial charge on any atom is 0.0642 e. The first-order valence-electron chi connectivity index (χ1n) is 6.43. The summed E-state index contributed by atoms with van der Waals surface area (Å²) in [6.07, 6.45) is 1.26. The Morgan fingerprint density at radius 1 is 1.47 bits per heavy atom. The minimum absolute atomic E-state index is 0.755. The molecule has 0 saturated carbocycles. The number of para-hydroxylation sites is 1. The molecule has 1 N–H and O–H groups in total. The molecule has 0 spiro atoms. The van der Waals surface area contributed by atoms with Crippen molar-refractivity contribution in [1.82, 2.24) is 5.32 Å². The van der Waals surface area contributed by atoms with Crippen molar-refractivity contribution in [2.45, 2.75) is 20.3 Å². The van der Waals surface area contributed by atoms with Crippen LogP contribution in [0.15, 0.2) is 18.2 Å². The number of hydrogen-bond donors (Lipinski definition) is 1. The molecule has 1 atom stereocenters. The van der Waals surface area contributed by atoms with Crippen molar-refractivity contribution in [2.24, 2.45) is 5.92 Å². The molecule has 3 heteroatoms. The second kappa shape index (κ2) is 5.74. The topological polar surface area (TPSA) is 15.3 Å². The summed E-state index contributed by atoms with van der Waals surface area (Å²) in [5.41, 5.74) is 2.51. The molecule has 1 heterocycles. The predicted molar refractivity (Wildman–Crippen MR) is 75.1 cm³/mol. The molecule has 1 saturated heterocycles. The minimum Gasteiger partial charge on any atom is -0.370 e. The zero-order valence-electron chi connectivity index (χ0n) is 10.7. The van der Waals surface area contributed by atoms with Crippen molar-refractivity contribution in [3.8, 4) is 0 Å². The monoisotopic (exact) mass is 252 g/mol. The van der Waals surface area contributed by atoms with Crippen molar-refractivity contribution < 1.29 is 0 Å². The van der Waals surface area contributed by atoms with E-state index in [1.54, 1.807) is 0 Å². The molecule has 0 aliphatic carbocycles. The third kappa shape index (κ3) is 2.93. The smallest absolute Gasteiger partial charge is 0.0642 e. The van der Waals surface area contributed by atoms with E-state index in [4.69, 9.17) is 11.6 Å². The Kier molecular flexibility index (Phi) is 4.30. The molecular weight excluding hydrogens is 232 g/mol. The van der Waals surface area contributed by atoms with Crippen LogP contribution in [0, 0.1) is 12.8 Å². The molecule has 1 aliphatic heterocycles. The van der Waals surface area contributed by atoms with E-state index >= 15 is 0 Å². The van der Waals surface area contributed by atoms with Crippen molar-refractivity contribution in [3.63, 3.8) is 0 Å². The van der Waals surface area contributed by atoms with Crippen LogP contribution in [0.25, 0.3) is 0 Å². The Hall–Kier alpha value is -0.730. The standard InChI is InChI=1S/C14H21ClN2/c1-3-16-9-12-7-8-17(10-12)14-11(2)5-4-6-13(14)15/h4-6,12,16H,3,7-10H2,1-2H3. The van der Waals surface area contributed by atoms with Gasteiger partial charge in [0.2, 0.25) is 0 Å². The van der Waals surface area contributed by atoms with Gasteiger partial charge in [-0.3, -0.25) is 0 Å². The van der Waals surface area contributed by atoms with Crippen molar-refractivity contribution >= 4 is 17.3 Å². The first kappa shape index (κ1) is 12.7. The van der Waals surface area contributed by atoms with Crippen LogP contribution in [-0.2, 0) is 0 Å². The average Bonchev–Trinajstić information content (AvgIpc) is 2.75. The molecule has 0 bridgehead atoms. The highest BCUT2D eigenvalue weighted by Gasteiger charge is 2.24. The van der Waals surface area contributed by atoms with E-state index in [9.17, 15) is 0 Å². The Morgan fingerprint density at radius 3 is 3.00 bits per heavy atom. The van der Waals surface area contributed by atoms with Gasteiger partial charge in [0, 0.05) is 13.1 Å². The summed E-state index contributed by atoms with van der Waals surface area (Å²) in [6, 6.07) is 6.15. The Bertz CT molecular complexity index is 358. The lowest BCUT2D eigenvalue weighted by atomic mass is 10.1. The summed E-state index contributed by atoms with van der Waals surface area (Å²) < 4.78 is 0. The minimum atomic E-state index is 0.755. The molecule has 17 heavy (non-hydrogen) atoms. The van der Waals surface area contributed by atoms with Gasteiger partial charge in [0.25, 0.3) is 0 Å². The molecule has 1 aliphatic rings. The predicted octanol–water partition coefficient (Wildman–Crippen LogP) is 3.08. The van der Waals surface area contributed by atoms with Gasteiger partial charge < -0.3 is 10.2 Å². The largest absolute Gasteiger partial charge is 0.370 e. The first-order valence-corrected chi connectivity index (χ1v) is 6.81. The van der Waals surface area contributed by atoms with E-state index in [0.29, 0.717) is 0 Å². The molecule has 94 valence electrons. The van der Waals surface area contributed by atoms with Crippen LogP contribution in [-0.4, -0.2) is 26.2 Å². The molecule has 0 amide bonds. The highest BCUT2D eigenvalue weighted by Crippen LogP contribution is 2.33. The molecule has 1 fully saturated rings. The SMILES string of the molecule is CCNCC1CCN(c2c(C)cccc2Cl)C1. The van der Waals surface area contributed by atoms with Gasteiger partial charge in [-0.05, 0) is 44.0 Å². The lowest BCUT2D eigenvalue weighted by molar-refractivity contribution is 0.528. The van der Waals surface area contributed by atoms with Crippen LogP contribution < -0.4 is 10.2 Å². The summed E-state index contributed by atoms with van der Waals surface area (Å²) >= 11 is 6.30. The molecular formula is C14H21ClN2. The summed E-state index contributed by atoms with van der Waals surface area (Å²) in [4.78, 5) is 2.43. The number of rotatable bonds is 4. The van der Waals surface area contributed by atoms with Crippen LogP contribution >= 0.6 is 11.6 Å². The highest BCUT2D eigenvalue weighted by atomic mass is 35.5. The van der Waals surface area contributed by atoms with Crippen LogP contribution in [0.2, 0.25) is 5.02 Å². The van der Waals surface area contributed by atoms with Gasteiger partial charge in [0.05, 0.1) is 10.7 Å². The number of benzene rings is 1. The number of nitrogens with one attached hydrogen (secondary N) is 1. The number of hydrogen-bond acceptors (Lipinski definition) is 2. The average molecular weight is 253 g/mol. The molecule has 2 rings (SSSR count). The Labute approximate surface area is 109 Å². The maximum absolute atomic E-state index is 6.30. The van der Waals surface area contributed by atoms with E-state index < -0.39 is 0 Å². The lowest BCUT2D eigenvalue weighted by Gasteiger charge is -2.22. The summed E-state index contributed by atoms with van der Waals surface area (Å²) in [6.45, 7) is 8.72. The molecule has 1 aromatic carbocycles. The van der Waals surface area contributed by atoms with Crippen LogP contribution in [0.3, 0.4) is 0 Å². The van der Waals surface area contributed by atoms with Gasteiger partial charge in [-0.15, -0.1) is 0 Å². The second-order valence-electron chi connectivity index (χ2n) is 4.81. The van der Waals surface area contributed by atoms with Gasteiger partial charge in [-0.1, -0.05) is 30.7 Å². The second-order valence-corrected chi connectivity index (χ2v) is 5.22. The highest BCUT2D eigenvalue weighted by molar-refractivity contribution is 6.33. The van der Waals surface area contributed by atoms with Crippen molar-refractivity contribution in [1.29, 1.82) is 0 Å². The van der Waals surface area contributed by atoms with Gasteiger partial charge in [0.1, 0.15) is 0 Å². The molecule has 2 nitrogen and oxygen atoms in total. The normalized spacial score (nSPS) is 19.9. The third-order valence-electron chi connectivity index (χ3n) is 3.47. The van der Waals surface area contributed by atoms with Crippen LogP contribution in [0.4, 0.5) is 5.69 Å². The van der Waals surface area contributed by atoms with Gasteiger partial charge in [-0.25, -0.2) is 0 Å². The van der Waals surface area contributed by atoms with Gasteiger partial charge in [-0.2, -0.15) is 0 Å². The van der Waals surface area contributed by atoms with Crippen molar-refractivity contribution in [3.05, 3.63) is 28.8 Å². The molecule has 0 aromatic heterocycles. The number of aryl methyl sites for hydroxylation is 1. The molecule has 0 radical (unpaired) electrons. The van der Waals surface area contributed by atoms with Crippen LogP contribution in [0.5, 0.6) is 0 Å².